The maximum Gasteiger partial charge on any atom is 0.160 e. The van der Waals surface area contributed by atoms with Crippen LogP contribution in [0.5, 0.6) is 11.5 Å². The number of phenolic OH excluding ortho intramolecular Hbond substituents is 1. The Balaban J connectivity index is 1.91. The van der Waals surface area contributed by atoms with Crippen LogP contribution in [-0.2, 0) is 6.54 Å². The third kappa shape index (κ3) is 3.16. The lowest BCUT2D eigenvalue weighted by atomic mass is 9.92. The first kappa shape index (κ1) is 13.2. The second-order valence-corrected chi connectivity index (χ2v) is 5.99. The van der Waals surface area contributed by atoms with Gasteiger partial charge in [0.1, 0.15) is 0 Å². The Morgan fingerprint density at radius 3 is 2.83 bits per heavy atom. The van der Waals surface area contributed by atoms with Gasteiger partial charge in [-0.3, -0.25) is 0 Å². The summed E-state index contributed by atoms with van der Waals surface area (Å²) in [6.07, 6.45) is 3.79. The van der Waals surface area contributed by atoms with Crippen LogP contribution < -0.4 is 10.1 Å². The van der Waals surface area contributed by atoms with E-state index in [9.17, 15) is 5.11 Å². The van der Waals surface area contributed by atoms with Gasteiger partial charge < -0.3 is 15.2 Å². The van der Waals surface area contributed by atoms with Crippen LogP contribution in [-0.4, -0.2) is 18.3 Å². The van der Waals surface area contributed by atoms with Crippen LogP contribution >= 0.6 is 0 Å². The molecule has 0 saturated heterocycles. The molecule has 0 spiro atoms. The maximum absolute atomic E-state index is 9.54. The molecule has 1 aromatic rings. The number of methoxy groups -OCH3 is 1. The summed E-state index contributed by atoms with van der Waals surface area (Å²) in [6.45, 7) is 5.49. The molecular weight excluding hydrogens is 226 g/mol. The summed E-state index contributed by atoms with van der Waals surface area (Å²) in [5.41, 5.74) is 1.62. The second-order valence-electron chi connectivity index (χ2n) is 5.99. The zero-order chi connectivity index (χ0) is 13.2. The molecule has 1 saturated carbocycles. The lowest BCUT2D eigenvalue weighted by Crippen LogP contribution is -2.26. The van der Waals surface area contributed by atoms with Crippen molar-refractivity contribution in [3.8, 4) is 11.5 Å². The molecule has 18 heavy (non-hydrogen) atoms. The summed E-state index contributed by atoms with van der Waals surface area (Å²) >= 11 is 0. The molecule has 1 aliphatic rings. The molecule has 1 unspecified atom stereocenters. The summed E-state index contributed by atoms with van der Waals surface area (Å²) in [5.74, 6) is 0.740. The fourth-order valence-corrected chi connectivity index (χ4v) is 2.70. The van der Waals surface area contributed by atoms with Crippen molar-refractivity contribution in [1.29, 1.82) is 0 Å². The molecule has 100 valence electrons. The Kier molecular flexibility index (Phi) is 3.81. The molecule has 0 amide bonds. The van der Waals surface area contributed by atoms with Crippen molar-refractivity contribution in [3.63, 3.8) is 0 Å². The van der Waals surface area contributed by atoms with Crippen molar-refractivity contribution < 1.29 is 9.84 Å². The monoisotopic (exact) mass is 249 g/mol. The van der Waals surface area contributed by atoms with Crippen LogP contribution in [0.3, 0.4) is 0 Å². The highest BCUT2D eigenvalue weighted by atomic mass is 16.5. The van der Waals surface area contributed by atoms with Gasteiger partial charge in [-0.15, -0.1) is 0 Å². The Hall–Kier alpha value is -1.22. The number of hydrogen-bond donors (Lipinski definition) is 2. The quantitative estimate of drug-likeness (QED) is 0.861. The van der Waals surface area contributed by atoms with Crippen molar-refractivity contribution in [2.24, 2.45) is 5.41 Å². The SMILES string of the molecule is COc1cc(CNC2CCC(C)(C)C2)ccc1O. The van der Waals surface area contributed by atoms with Crippen LogP contribution in [0.15, 0.2) is 18.2 Å². The number of phenols is 1. The first-order valence-electron chi connectivity index (χ1n) is 6.59. The van der Waals surface area contributed by atoms with Gasteiger partial charge in [0.05, 0.1) is 7.11 Å². The highest BCUT2D eigenvalue weighted by Gasteiger charge is 2.30. The molecule has 1 atom stereocenters. The molecule has 0 radical (unpaired) electrons. The van der Waals surface area contributed by atoms with E-state index >= 15 is 0 Å². The van der Waals surface area contributed by atoms with Crippen LogP contribution in [0, 0.1) is 5.41 Å². The third-order valence-electron chi connectivity index (χ3n) is 3.81. The van der Waals surface area contributed by atoms with Gasteiger partial charge in [-0.25, -0.2) is 0 Å². The molecular formula is C15H23NO2. The van der Waals surface area contributed by atoms with E-state index in [-0.39, 0.29) is 5.75 Å². The second kappa shape index (κ2) is 5.19. The number of aromatic hydroxyl groups is 1. The first-order valence-corrected chi connectivity index (χ1v) is 6.59. The molecule has 1 fully saturated rings. The zero-order valence-electron chi connectivity index (χ0n) is 11.5. The number of nitrogens with one attached hydrogen (secondary N) is 1. The maximum atomic E-state index is 9.54. The normalized spacial score (nSPS) is 22.1. The molecule has 0 aliphatic heterocycles. The predicted molar refractivity (Wildman–Crippen MR) is 72.9 cm³/mol. The number of ether oxygens (including phenoxy) is 1. The van der Waals surface area contributed by atoms with Gasteiger partial charge in [-0.2, -0.15) is 0 Å². The Morgan fingerprint density at radius 1 is 1.44 bits per heavy atom. The number of benzene rings is 1. The standard InChI is InChI=1S/C15H23NO2/c1-15(2)7-6-12(9-15)16-10-11-4-5-13(17)14(8-11)18-3/h4-5,8,12,16-17H,6-7,9-10H2,1-3H3. The molecule has 2 rings (SSSR count). The van der Waals surface area contributed by atoms with Crippen molar-refractivity contribution >= 4 is 0 Å². The van der Waals surface area contributed by atoms with E-state index in [4.69, 9.17) is 4.74 Å². The lowest BCUT2D eigenvalue weighted by Gasteiger charge is -2.18. The van der Waals surface area contributed by atoms with Crippen LogP contribution in [0.1, 0.15) is 38.7 Å². The highest BCUT2D eigenvalue weighted by molar-refractivity contribution is 5.41. The van der Waals surface area contributed by atoms with Gasteiger partial charge in [0, 0.05) is 12.6 Å². The Labute approximate surface area is 109 Å². The number of hydrogen-bond acceptors (Lipinski definition) is 3. The van der Waals surface area contributed by atoms with E-state index in [0.717, 1.165) is 12.1 Å². The van der Waals surface area contributed by atoms with E-state index < -0.39 is 0 Å². The molecule has 3 heteroatoms. The minimum atomic E-state index is 0.197. The minimum Gasteiger partial charge on any atom is -0.504 e. The fraction of sp³-hybridized carbons (Fsp3) is 0.600. The van der Waals surface area contributed by atoms with Gasteiger partial charge in [0.15, 0.2) is 11.5 Å². The number of rotatable bonds is 4. The van der Waals surface area contributed by atoms with Crippen LogP contribution in [0.25, 0.3) is 0 Å². The lowest BCUT2D eigenvalue weighted by molar-refractivity contribution is 0.363. The molecule has 0 heterocycles. The van der Waals surface area contributed by atoms with E-state index in [1.807, 2.05) is 12.1 Å². The van der Waals surface area contributed by atoms with Gasteiger partial charge in [-0.1, -0.05) is 19.9 Å². The van der Waals surface area contributed by atoms with Crippen molar-refractivity contribution in [2.75, 3.05) is 7.11 Å². The molecule has 1 aliphatic carbocycles. The van der Waals surface area contributed by atoms with Crippen LogP contribution in [0.2, 0.25) is 0 Å². The first-order chi connectivity index (χ1) is 8.50. The zero-order valence-corrected chi connectivity index (χ0v) is 11.5. The molecule has 2 N–H and O–H groups in total. The summed E-state index contributed by atoms with van der Waals surface area (Å²) < 4.78 is 5.11. The van der Waals surface area contributed by atoms with E-state index in [2.05, 4.69) is 19.2 Å². The van der Waals surface area contributed by atoms with Gasteiger partial charge >= 0.3 is 0 Å². The topological polar surface area (TPSA) is 41.5 Å². The van der Waals surface area contributed by atoms with Crippen molar-refractivity contribution in [1.82, 2.24) is 5.32 Å². The van der Waals surface area contributed by atoms with Crippen LogP contribution in [0.4, 0.5) is 0 Å². The van der Waals surface area contributed by atoms with Gasteiger partial charge in [0.2, 0.25) is 0 Å². The molecule has 0 bridgehead atoms. The average molecular weight is 249 g/mol. The predicted octanol–water partition coefficient (Wildman–Crippen LogP) is 3.07. The summed E-state index contributed by atoms with van der Waals surface area (Å²) in [7, 11) is 1.58. The fourth-order valence-electron chi connectivity index (χ4n) is 2.70. The summed E-state index contributed by atoms with van der Waals surface area (Å²) in [4.78, 5) is 0. The van der Waals surface area contributed by atoms with Gasteiger partial charge in [0.25, 0.3) is 0 Å². The Bertz CT molecular complexity index is 415. The third-order valence-corrected chi connectivity index (χ3v) is 3.81. The van der Waals surface area contributed by atoms with E-state index in [0.29, 0.717) is 17.2 Å². The minimum absolute atomic E-state index is 0.197. The molecule has 3 nitrogen and oxygen atoms in total. The van der Waals surface area contributed by atoms with E-state index in [1.54, 1.807) is 13.2 Å². The Morgan fingerprint density at radius 2 is 2.22 bits per heavy atom. The summed E-state index contributed by atoms with van der Waals surface area (Å²) in [5, 5.41) is 13.1. The summed E-state index contributed by atoms with van der Waals surface area (Å²) in [6, 6.07) is 6.13. The molecule has 0 aromatic heterocycles. The molecule has 1 aromatic carbocycles. The van der Waals surface area contributed by atoms with E-state index in [1.165, 1.54) is 19.3 Å². The van der Waals surface area contributed by atoms with Crippen molar-refractivity contribution in [3.05, 3.63) is 23.8 Å². The largest absolute Gasteiger partial charge is 0.504 e. The average Bonchev–Trinajstić information content (AvgIpc) is 2.68. The smallest absolute Gasteiger partial charge is 0.160 e. The van der Waals surface area contributed by atoms with Crippen molar-refractivity contribution in [2.45, 2.75) is 45.7 Å². The highest BCUT2D eigenvalue weighted by Crippen LogP contribution is 2.37. The van der Waals surface area contributed by atoms with Gasteiger partial charge in [-0.05, 0) is 42.4 Å².